The number of pyridine rings is 1. The van der Waals surface area contributed by atoms with Crippen LogP contribution in [0.1, 0.15) is 0 Å². The summed E-state index contributed by atoms with van der Waals surface area (Å²) in [6.07, 6.45) is 4.49. The molecule has 2 rings (SSSR count). The molecule has 0 fully saturated rings. The first-order valence-corrected chi connectivity index (χ1v) is 6.45. The molecule has 6 nitrogen and oxygen atoms in total. The lowest BCUT2D eigenvalue weighted by Crippen LogP contribution is -2.15. The summed E-state index contributed by atoms with van der Waals surface area (Å²) in [7, 11) is -4.00. The minimum Gasteiger partial charge on any atom is -0.261 e. The highest BCUT2D eigenvalue weighted by molar-refractivity contribution is 7.92. The lowest BCUT2D eigenvalue weighted by Gasteiger charge is -2.07. The van der Waals surface area contributed by atoms with Crippen molar-refractivity contribution in [2.45, 2.75) is 4.90 Å². The van der Waals surface area contributed by atoms with E-state index < -0.39 is 15.8 Å². The van der Waals surface area contributed by atoms with E-state index in [1.54, 1.807) is 0 Å². The molecule has 18 heavy (non-hydrogen) atoms. The van der Waals surface area contributed by atoms with Crippen molar-refractivity contribution in [1.29, 1.82) is 0 Å². The van der Waals surface area contributed by atoms with E-state index in [1.807, 2.05) is 0 Å². The summed E-state index contributed by atoms with van der Waals surface area (Å²) in [5, 5.41) is -0.106. The summed E-state index contributed by atoms with van der Waals surface area (Å²) in [6, 6.07) is 0.833. The molecule has 0 atom stereocenters. The monoisotopic (exact) mass is 288 g/mol. The smallest absolute Gasteiger partial charge is 0.261 e. The van der Waals surface area contributed by atoms with Crippen molar-refractivity contribution in [2.75, 3.05) is 4.72 Å². The second-order valence-corrected chi connectivity index (χ2v) is 5.18. The second-order valence-electron chi connectivity index (χ2n) is 3.14. The van der Waals surface area contributed by atoms with Crippen LogP contribution < -0.4 is 4.72 Å². The molecule has 2 aromatic rings. The summed E-state index contributed by atoms with van der Waals surface area (Å²) in [5.41, 5.74) is 0. The van der Waals surface area contributed by atoms with Crippen LogP contribution in [0.5, 0.6) is 0 Å². The third kappa shape index (κ3) is 2.71. The first kappa shape index (κ1) is 12.7. The predicted octanol–water partition coefficient (Wildman–Crippen LogP) is 1.46. The Morgan fingerprint density at radius 1 is 1.22 bits per heavy atom. The summed E-state index contributed by atoms with van der Waals surface area (Å²) in [4.78, 5) is 10.5. The SMILES string of the molecule is O=S(=O)(Nc1nccnc1Cl)c1cncc(F)c1. The van der Waals surface area contributed by atoms with E-state index in [-0.39, 0.29) is 15.9 Å². The van der Waals surface area contributed by atoms with Crippen molar-refractivity contribution < 1.29 is 12.8 Å². The standard InChI is InChI=1S/C9H6ClFN4O2S/c10-8-9(14-2-1-13-8)15-18(16,17)7-3-6(11)4-12-5-7/h1-5H,(H,14,15). The molecule has 0 radical (unpaired) electrons. The Hall–Kier alpha value is -1.80. The zero-order valence-corrected chi connectivity index (χ0v) is 10.3. The van der Waals surface area contributed by atoms with E-state index >= 15 is 0 Å². The number of hydrogen-bond acceptors (Lipinski definition) is 5. The van der Waals surface area contributed by atoms with E-state index in [0.29, 0.717) is 0 Å². The Labute approximate surface area is 107 Å². The number of sulfonamides is 1. The summed E-state index contributed by atoms with van der Waals surface area (Å²) in [5.74, 6) is -0.897. The van der Waals surface area contributed by atoms with Crippen molar-refractivity contribution in [3.8, 4) is 0 Å². The first-order valence-electron chi connectivity index (χ1n) is 4.59. The van der Waals surface area contributed by atoms with Gasteiger partial charge in [-0.15, -0.1) is 0 Å². The summed E-state index contributed by atoms with van der Waals surface area (Å²) < 4.78 is 38.7. The van der Waals surface area contributed by atoms with Gasteiger partial charge in [-0.1, -0.05) is 11.6 Å². The molecule has 0 amide bonds. The number of rotatable bonds is 3. The Bertz CT molecular complexity index is 680. The van der Waals surface area contributed by atoms with Gasteiger partial charge in [0.1, 0.15) is 10.7 Å². The minimum atomic E-state index is -4.00. The molecule has 1 N–H and O–H groups in total. The maximum Gasteiger partial charge on any atom is 0.264 e. The average Bonchev–Trinajstić information content (AvgIpc) is 2.32. The van der Waals surface area contributed by atoms with Gasteiger partial charge >= 0.3 is 0 Å². The molecule has 2 heterocycles. The molecule has 0 saturated heterocycles. The lowest BCUT2D eigenvalue weighted by atomic mass is 10.5. The largest absolute Gasteiger partial charge is 0.264 e. The van der Waals surface area contributed by atoms with Gasteiger partial charge in [0, 0.05) is 18.6 Å². The third-order valence-electron chi connectivity index (χ3n) is 1.87. The van der Waals surface area contributed by atoms with Crippen LogP contribution in [0.25, 0.3) is 0 Å². The molecule has 0 spiro atoms. The fraction of sp³-hybridized carbons (Fsp3) is 0. The fourth-order valence-electron chi connectivity index (χ4n) is 1.12. The number of aromatic nitrogens is 3. The molecule has 94 valence electrons. The maximum atomic E-state index is 12.9. The average molecular weight is 289 g/mol. The van der Waals surface area contributed by atoms with Crippen molar-refractivity contribution in [1.82, 2.24) is 15.0 Å². The van der Waals surface area contributed by atoms with E-state index in [9.17, 15) is 12.8 Å². The number of anilines is 1. The van der Waals surface area contributed by atoms with Crippen molar-refractivity contribution in [3.05, 3.63) is 41.8 Å². The molecular weight excluding hydrogens is 283 g/mol. The lowest BCUT2D eigenvalue weighted by molar-refractivity contribution is 0.592. The normalized spacial score (nSPS) is 11.2. The quantitative estimate of drug-likeness (QED) is 0.924. The Morgan fingerprint density at radius 3 is 2.61 bits per heavy atom. The number of nitrogens with one attached hydrogen (secondary N) is 1. The van der Waals surface area contributed by atoms with Crippen LogP contribution in [0, 0.1) is 5.82 Å². The highest BCUT2D eigenvalue weighted by atomic mass is 35.5. The van der Waals surface area contributed by atoms with Gasteiger partial charge < -0.3 is 0 Å². The highest BCUT2D eigenvalue weighted by Crippen LogP contribution is 2.19. The van der Waals surface area contributed by atoms with Gasteiger partial charge in [-0.25, -0.2) is 22.8 Å². The molecular formula is C9H6ClFN4O2S. The zero-order chi connectivity index (χ0) is 13.2. The van der Waals surface area contributed by atoms with Crippen molar-refractivity contribution in [2.24, 2.45) is 0 Å². The van der Waals surface area contributed by atoms with E-state index in [2.05, 4.69) is 19.7 Å². The Morgan fingerprint density at radius 2 is 1.94 bits per heavy atom. The molecule has 9 heteroatoms. The van der Waals surface area contributed by atoms with Gasteiger partial charge in [0.25, 0.3) is 10.0 Å². The third-order valence-corrected chi connectivity index (χ3v) is 3.46. The molecule has 0 unspecified atom stereocenters. The van der Waals surface area contributed by atoms with Crippen molar-refractivity contribution >= 4 is 27.4 Å². The van der Waals surface area contributed by atoms with Crippen LogP contribution in [0.4, 0.5) is 10.2 Å². The fourth-order valence-corrected chi connectivity index (χ4v) is 2.31. The zero-order valence-electron chi connectivity index (χ0n) is 8.71. The van der Waals surface area contributed by atoms with Crippen molar-refractivity contribution in [3.63, 3.8) is 0 Å². The van der Waals surface area contributed by atoms with Gasteiger partial charge in [0.15, 0.2) is 11.0 Å². The number of nitrogens with zero attached hydrogens (tertiary/aromatic N) is 3. The van der Waals surface area contributed by atoms with E-state index in [4.69, 9.17) is 11.6 Å². The molecule has 0 saturated carbocycles. The Balaban J connectivity index is 2.37. The predicted molar refractivity (Wildman–Crippen MR) is 62.0 cm³/mol. The molecule has 0 bridgehead atoms. The van der Waals surface area contributed by atoms with Crippen LogP contribution in [0.15, 0.2) is 35.7 Å². The maximum absolute atomic E-state index is 12.9. The van der Waals surface area contributed by atoms with Gasteiger partial charge in [-0.05, 0) is 6.07 Å². The van der Waals surface area contributed by atoms with Crippen LogP contribution in [-0.4, -0.2) is 23.4 Å². The molecule has 0 aliphatic heterocycles. The van der Waals surface area contributed by atoms with Crippen LogP contribution in [0.2, 0.25) is 5.15 Å². The van der Waals surface area contributed by atoms with Crippen LogP contribution in [0.3, 0.4) is 0 Å². The molecule has 0 aliphatic carbocycles. The summed E-state index contributed by atoms with van der Waals surface area (Å²) >= 11 is 5.66. The minimum absolute atomic E-state index is 0.106. The van der Waals surface area contributed by atoms with E-state index in [1.165, 1.54) is 12.4 Å². The van der Waals surface area contributed by atoms with Gasteiger partial charge in [-0.2, -0.15) is 0 Å². The number of halogens is 2. The van der Waals surface area contributed by atoms with Gasteiger partial charge in [-0.3, -0.25) is 9.71 Å². The molecule has 0 aromatic carbocycles. The first-order chi connectivity index (χ1) is 8.49. The summed E-state index contributed by atoms with van der Waals surface area (Å²) in [6.45, 7) is 0. The molecule has 0 aliphatic rings. The molecule has 2 aromatic heterocycles. The Kier molecular flexibility index (Phi) is 3.39. The van der Waals surface area contributed by atoms with Gasteiger partial charge in [0.2, 0.25) is 0 Å². The van der Waals surface area contributed by atoms with Crippen LogP contribution in [-0.2, 0) is 10.0 Å². The number of hydrogen-bond donors (Lipinski definition) is 1. The van der Waals surface area contributed by atoms with Gasteiger partial charge in [0.05, 0.1) is 6.20 Å². The topological polar surface area (TPSA) is 84.8 Å². The van der Waals surface area contributed by atoms with Crippen LogP contribution >= 0.6 is 11.6 Å². The van der Waals surface area contributed by atoms with E-state index in [0.717, 1.165) is 18.5 Å². The second kappa shape index (κ2) is 4.83. The highest BCUT2D eigenvalue weighted by Gasteiger charge is 2.17.